The number of benzene rings is 2. The summed E-state index contributed by atoms with van der Waals surface area (Å²) in [7, 11) is 1.62. The molecule has 0 spiro atoms. The fourth-order valence-electron chi connectivity index (χ4n) is 1.74. The number of ether oxygens (including phenoxy) is 1. The number of Topliss-reactive ketones (excluding diaryl/α,β-unsaturated/α-hetero) is 1. The molecule has 0 aliphatic rings. The molecule has 22 heavy (non-hydrogen) atoms. The Labute approximate surface area is 134 Å². The van der Waals surface area contributed by atoms with Crippen LogP contribution in [0.15, 0.2) is 58.5 Å². The average Bonchev–Trinajstić information content (AvgIpc) is 2.51. The zero-order valence-electron chi connectivity index (χ0n) is 12.8. The molecular formula is C17H18N2O2S. The van der Waals surface area contributed by atoms with Crippen LogP contribution in [-0.4, -0.2) is 17.9 Å². The Hall–Kier alpha value is -2.27. The van der Waals surface area contributed by atoms with Crippen molar-refractivity contribution in [3.63, 3.8) is 0 Å². The normalized spacial score (nSPS) is 11.1. The number of thioether (sulfide) groups is 1. The summed E-state index contributed by atoms with van der Waals surface area (Å²) in [5.41, 5.74) is 4.85. The standard InChI is InChI=1S/C17H18N2O2S/c1-12-5-4-6-16(11-12)22-17(13(2)20)19-18-14-7-9-15(21-3)10-8-14/h4-11,18H,1-3H3/b19-17+. The summed E-state index contributed by atoms with van der Waals surface area (Å²) < 4.78 is 5.10. The third-order valence-electron chi connectivity index (χ3n) is 2.88. The van der Waals surface area contributed by atoms with Crippen LogP contribution in [0, 0.1) is 6.92 Å². The molecule has 0 aromatic heterocycles. The van der Waals surface area contributed by atoms with Gasteiger partial charge >= 0.3 is 0 Å². The van der Waals surface area contributed by atoms with Crippen LogP contribution in [0.3, 0.4) is 0 Å². The molecule has 2 aromatic carbocycles. The van der Waals surface area contributed by atoms with Crippen molar-refractivity contribution in [2.24, 2.45) is 5.10 Å². The lowest BCUT2D eigenvalue weighted by atomic mass is 10.2. The highest BCUT2D eigenvalue weighted by Gasteiger charge is 2.09. The van der Waals surface area contributed by atoms with Gasteiger partial charge in [-0.1, -0.05) is 29.5 Å². The molecule has 0 fully saturated rings. The number of aryl methyl sites for hydroxylation is 1. The molecule has 0 aliphatic carbocycles. The molecule has 1 N–H and O–H groups in total. The summed E-state index contributed by atoms with van der Waals surface area (Å²) in [4.78, 5) is 12.7. The molecule has 0 amide bonds. The fraction of sp³-hybridized carbons (Fsp3) is 0.176. The molecular weight excluding hydrogens is 296 g/mol. The van der Waals surface area contributed by atoms with Gasteiger partial charge in [0.25, 0.3) is 0 Å². The predicted octanol–water partition coefficient (Wildman–Crippen LogP) is 4.11. The third-order valence-corrected chi connectivity index (χ3v) is 3.94. The molecule has 0 radical (unpaired) electrons. The number of anilines is 1. The van der Waals surface area contributed by atoms with Crippen molar-refractivity contribution in [2.75, 3.05) is 12.5 Å². The number of hydrazone groups is 1. The van der Waals surface area contributed by atoms with E-state index in [9.17, 15) is 4.79 Å². The first-order chi connectivity index (χ1) is 10.6. The van der Waals surface area contributed by atoms with E-state index < -0.39 is 0 Å². The molecule has 2 rings (SSSR count). The Balaban J connectivity index is 2.11. The molecule has 0 heterocycles. The van der Waals surface area contributed by atoms with Crippen molar-refractivity contribution < 1.29 is 9.53 Å². The van der Waals surface area contributed by atoms with Gasteiger partial charge in [0.15, 0.2) is 10.8 Å². The summed E-state index contributed by atoms with van der Waals surface area (Å²) in [6.45, 7) is 3.53. The third kappa shape index (κ3) is 4.63. The van der Waals surface area contributed by atoms with E-state index in [4.69, 9.17) is 4.74 Å². The maximum absolute atomic E-state index is 11.7. The average molecular weight is 314 g/mol. The van der Waals surface area contributed by atoms with Crippen molar-refractivity contribution in [1.29, 1.82) is 0 Å². The minimum Gasteiger partial charge on any atom is -0.497 e. The lowest BCUT2D eigenvalue weighted by Gasteiger charge is -2.06. The molecule has 4 nitrogen and oxygen atoms in total. The highest BCUT2D eigenvalue weighted by molar-refractivity contribution is 8.15. The first-order valence-electron chi connectivity index (χ1n) is 6.81. The second kappa shape index (κ2) is 7.66. The lowest BCUT2D eigenvalue weighted by molar-refractivity contribution is -0.110. The maximum Gasteiger partial charge on any atom is 0.186 e. The molecule has 0 saturated carbocycles. The molecule has 114 valence electrons. The topological polar surface area (TPSA) is 50.7 Å². The van der Waals surface area contributed by atoms with E-state index in [2.05, 4.69) is 10.5 Å². The van der Waals surface area contributed by atoms with Crippen LogP contribution in [0.4, 0.5) is 5.69 Å². The van der Waals surface area contributed by atoms with Gasteiger partial charge < -0.3 is 4.74 Å². The highest BCUT2D eigenvalue weighted by atomic mass is 32.2. The van der Waals surface area contributed by atoms with Gasteiger partial charge in [-0.15, -0.1) is 0 Å². The zero-order valence-corrected chi connectivity index (χ0v) is 13.6. The molecule has 0 bridgehead atoms. The fourth-order valence-corrected chi connectivity index (χ4v) is 2.59. The Morgan fingerprint density at radius 1 is 1.18 bits per heavy atom. The van der Waals surface area contributed by atoms with Gasteiger partial charge in [0.05, 0.1) is 12.8 Å². The van der Waals surface area contributed by atoms with Gasteiger partial charge in [-0.2, -0.15) is 5.10 Å². The highest BCUT2D eigenvalue weighted by Crippen LogP contribution is 2.22. The second-order valence-electron chi connectivity index (χ2n) is 4.73. The summed E-state index contributed by atoms with van der Waals surface area (Å²) in [5, 5.41) is 4.63. The van der Waals surface area contributed by atoms with E-state index in [1.54, 1.807) is 7.11 Å². The van der Waals surface area contributed by atoms with Crippen molar-refractivity contribution >= 4 is 28.3 Å². The van der Waals surface area contributed by atoms with Gasteiger partial charge in [0.2, 0.25) is 0 Å². The van der Waals surface area contributed by atoms with E-state index in [0.29, 0.717) is 5.04 Å². The van der Waals surface area contributed by atoms with E-state index in [1.165, 1.54) is 18.7 Å². The van der Waals surface area contributed by atoms with Crippen molar-refractivity contribution in [3.05, 3.63) is 54.1 Å². The maximum atomic E-state index is 11.7. The molecule has 0 unspecified atom stereocenters. The Morgan fingerprint density at radius 2 is 1.91 bits per heavy atom. The van der Waals surface area contributed by atoms with Gasteiger partial charge in [-0.3, -0.25) is 10.2 Å². The Morgan fingerprint density at radius 3 is 2.50 bits per heavy atom. The molecule has 0 aliphatic heterocycles. The monoisotopic (exact) mass is 314 g/mol. The van der Waals surface area contributed by atoms with Crippen LogP contribution in [0.5, 0.6) is 5.75 Å². The Kier molecular flexibility index (Phi) is 5.61. The summed E-state index contributed by atoms with van der Waals surface area (Å²) in [6, 6.07) is 15.3. The van der Waals surface area contributed by atoms with Crippen LogP contribution in [-0.2, 0) is 4.79 Å². The van der Waals surface area contributed by atoms with Gasteiger partial charge in [-0.05, 0) is 43.3 Å². The van der Waals surface area contributed by atoms with Gasteiger partial charge in [0.1, 0.15) is 5.75 Å². The molecule has 2 aromatic rings. The number of ketones is 1. The van der Waals surface area contributed by atoms with E-state index in [1.807, 2.05) is 55.5 Å². The number of rotatable bonds is 5. The number of hydrogen-bond acceptors (Lipinski definition) is 5. The van der Waals surface area contributed by atoms with E-state index in [-0.39, 0.29) is 5.78 Å². The van der Waals surface area contributed by atoms with Crippen LogP contribution in [0.1, 0.15) is 12.5 Å². The summed E-state index contributed by atoms with van der Waals surface area (Å²) in [5.74, 6) is 0.697. The second-order valence-corrected chi connectivity index (χ2v) is 5.79. The quantitative estimate of drug-likeness (QED) is 0.390. The number of carbonyl (C=O) groups is 1. The zero-order chi connectivity index (χ0) is 15.9. The number of carbonyl (C=O) groups excluding carboxylic acids is 1. The van der Waals surface area contributed by atoms with Crippen molar-refractivity contribution in [2.45, 2.75) is 18.7 Å². The van der Waals surface area contributed by atoms with Crippen molar-refractivity contribution in [1.82, 2.24) is 0 Å². The first-order valence-corrected chi connectivity index (χ1v) is 7.63. The van der Waals surface area contributed by atoms with Crippen LogP contribution in [0.2, 0.25) is 0 Å². The Bertz CT molecular complexity index is 681. The number of nitrogens with one attached hydrogen (secondary N) is 1. The van der Waals surface area contributed by atoms with Crippen LogP contribution in [0.25, 0.3) is 0 Å². The first kappa shape index (κ1) is 16.1. The minimum atomic E-state index is -0.0764. The van der Waals surface area contributed by atoms with E-state index in [0.717, 1.165) is 21.9 Å². The van der Waals surface area contributed by atoms with Crippen molar-refractivity contribution in [3.8, 4) is 5.75 Å². The van der Waals surface area contributed by atoms with Gasteiger partial charge in [-0.25, -0.2) is 0 Å². The number of hydrogen-bond donors (Lipinski definition) is 1. The number of nitrogens with zero attached hydrogens (tertiary/aromatic N) is 1. The SMILES string of the molecule is COc1ccc(N/N=C(/Sc2cccc(C)c2)C(C)=O)cc1. The summed E-state index contributed by atoms with van der Waals surface area (Å²) >= 11 is 1.35. The predicted molar refractivity (Wildman–Crippen MR) is 91.8 cm³/mol. The summed E-state index contributed by atoms with van der Waals surface area (Å²) in [6.07, 6.45) is 0. The van der Waals surface area contributed by atoms with Crippen LogP contribution >= 0.6 is 11.8 Å². The molecule has 0 saturated heterocycles. The largest absolute Gasteiger partial charge is 0.497 e. The minimum absolute atomic E-state index is 0.0764. The smallest absolute Gasteiger partial charge is 0.186 e. The van der Waals surface area contributed by atoms with E-state index >= 15 is 0 Å². The molecule has 5 heteroatoms. The van der Waals surface area contributed by atoms with Crippen LogP contribution < -0.4 is 10.2 Å². The lowest BCUT2D eigenvalue weighted by Crippen LogP contribution is -2.08. The van der Waals surface area contributed by atoms with Gasteiger partial charge in [0, 0.05) is 11.8 Å². The number of methoxy groups -OCH3 is 1. The molecule has 0 atom stereocenters.